The quantitative estimate of drug-likeness (QED) is 0.0676. The van der Waals surface area contributed by atoms with Crippen LogP contribution in [0, 0.1) is 23.7 Å². The van der Waals surface area contributed by atoms with Crippen LogP contribution >= 0.6 is 11.8 Å². The molecule has 4 amide bonds. The summed E-state index contributed by atoms with van der Waals surface area (Å²) in [5.74, 6) is 8.33. The second kappa shape index (κ2) is 19.2. The highest BCUT2D eigenvalue weighted by atomic mass is 32.2. The van der Waals surface area contributed by atoms with Crippen LogP contribution in [-0.4, -0.2) is 88.1 Å². The van der Waals surface area contributed by atoms with Gasteiger partial charge in [-0.1, -0.05) is 62.9 Å². The number of rotatable bonds is 14. The maximum atomic E-state index is 13.8. The largest absolute Gasteiger partial charge is 0.394 e. The molecule has 316 valence electrons. The molecule has 11 nitrogen and oxygen atoms in total. The zero-order chi connectivity index (χ0) is 41.6. The van der Waals surface area contributed by atoms with E-state index >= 15 is 0 Å². The fraction of sp³-hybridized carbons (Fsp3) is 0.521. The molecule has 1 saturated carbocycles. The van der Waals surface area contributed by atoms with Crippen molar-refractivity contribution in [2.24, 2.45) is 11.8 Å². The van der Waals surface area contributed by atoms with Gasteiger partial charge < -0.3 is 25.1 Å². The SMILES string of the molecule is CN1c2ccc(C#Cc3ccc(NCCCCCCCCSc4cccc5c4CN(C4CCC(=O)NC4=O)C5=O)nc3)cc2[C@H]2[C@H](CCN2C(=O)C2CCCCC2)[C@H]1CO. The third-order valence-corrected chi connectivity index (χ3v) is 14.6. The number of pyridine rings is 1. The molecule has 1 aliphatic carbocycles. The lowest BCUT2D eigenvalue weighted by molar-refractivity contribution is -0.138. The van der Waals surface area contributed by atoms with Crippen LogP contribution in [0.25, 0.3) is 0 Å². The van der Waals surface area contributed by atoms with Gasteiger partial charge in [-0.2, -0.15) is 0 Å². The van der Waals surface area contributed by atoms with E-state index in [1.54, 1.807) is 16.7 Å². The summed E-state index contributed by atoms with van der Waals surface area (Å²) in [6.07, 6.45) is 15.7. The highest BCUT2D eigenvalue weighted by Crippen LogP contribution is 2.49. The number of benzene rings is 2. The van der Waals surface area contributed by atoms with E-state index in [2.05, 4.69) is 62.5 Å². The smallest absolute Gasteiger partial charge is 0.255 e. The molecule has 2 aromatic carbocycles. The molecule has 1 aromatic heterocycles. The maximum Gasteiger partial charge on any atom is 0.255 e. The third kappa shape index (κ3) is 9.08. The first-order valence-electron chi connectivity index (χ1n) is 22.2. The average Bonchev–Trinajstić information content (AvgIpc) is 3.86. The monoisotopic (exact) mass is 830 g/mol. The van der Waals surface area contributed by atoms with Crippen molar-refractivity contribution in [1.82, 2.24) is 20.1 Å². The molecule has 3 aromatic rings. The van der Waals surface area contributed by atoms with Gasteiger partial charge in [0.05, 0.1) is 18.7 Å². The van der Waals surface area contributed by atoms with E-state index in [1.165, 1.54) is 19.3 Å². The van der Waals surface area contributed by atoms with Gasteiger partial charge in [-0.3, -0.25) is 24.5 Å². The number of aromatic nitrogens is 1. The lowest BCUT2D eigenvalue weighted by Crippen LogP contribution is -2.52. The molecular weight excluding hydrogens is 773 g/mol. The summed E-state index contributed by atoms with van der Waals surface area (Å²) in [5.41, 5.74) is 5.65. The number of hydrogen-bond donors (Lipinski definition) is 3. The van der Waals surface area contributed by atoms with E-state index in [-0.39, 0.29) is 54.7 Å². The first kappa shape index (κ1) is 41.9. The van der Waals surface area contributed by atoms with Crippen molar-refractivity contribution in [3.63, 3.8) is 0 Å². The summed E-state index contributed by atoms with van der Waals surface area (Å²) in [6.45, 7) is 2.10. The van der Waals surface area contributed by atoms with Crippen LogP contribution in [0.1, 0.15) is 129 Å². The molecule has 60 heavy (non-hydrogen) atoms. The zero-order valence-electron chi connectivity index (χ0n) is 34.8. The van der Waals surface area contributed by atoms with E-state index < -0.39 is 6.04 Å². The number of carbonyl (C=O) groups is 4. The highest BCUT2D eigenvalue weighted by molar-refractivity contribution is 7.99. The Morgan fingerprint density at radius 3 is 2.50 bits per heavy atom. The molecule has 8 rings (SSSR count). The number of likely N-dealkylation sites (tertiary alicyclic amines) is 1. The number of thioether (sulfide) groups is 1. The number of likely N-dealkylation sites (N-methyl/N-ethyl adjacent to an activating group) is 1. The van der Waals surface area contributed by atoms with Crippen LogP contribution in [0.4, 0.5) is 11.5 Å². The summed E-state index contributed by atoms with van der Waals surface area (Å²) >= 11 is 1.78. The number of aliphatic hydroxyl groups is 1. The highest BCUT2D eigenvalue weighted by Gasteiger charge is 2.48. The predicted octanol–water partition coefficient (Wildman–Crippen LogP) is 7.07. The molecule has 4 aliphatic heterocycles. The molecule has 0 bridgehead atoms. The summed E-state index contributed by atoms with van der Waals surface area (Å²) in [5, 5.41) is 16.2. The standard InChI is InChI=1S/C48H58N6O5S/c1-52-39-20-18-32(28-37(39)45-36(41(52)31-55)24-26-53(45)47(58)34-12-7-6-8-13-34)16-17-33-19-22-43(50-29-33)49-25-9-4-2-3-5-10-27-60-42-15-11-14-35-38(42)30-54(48(35)59)40-21-23-44(56)51-46(40)57/h11,14-15,18-20,22,28-29,34,36,40-41,45,55H,2-10,12-13,21,23-27,30-31H2,1H3,(H,49,50)(H,51,56,57)/t36-,40?,41-,45-/m1/s1. The molecule has 0 radical (unpaired) electrons. The minimum absolute atomic E-state index is 0.00844. The van der Waals surface area contributed by atoms with Gasteiger partial charge in [0.25, 0.3) is 5.91 Å². The Morgan fingerprint density at radius 2 is 1.72 bits per heavy atom. The molecule has 4 atom stereocenters. The van der Waals surface area contributed by atoms with E-state index in [4.69, 9.17) is 0 Å². The van der Waals surface area contributed by atoms with E-state index in [0.717, 1.165) is 115 Å². The third-order valence-electron chi connectivity index (χ3n) is 13.4. The van der Waals surface area contributed by atoms with Crippen LogP contribution in [-0.2, 0) is 20.9 Å². The van der Waals surface area contributed by atoms with Gasteiger partial charge in [0, 0.05) is 78.4 Å². The Balaban J connectivity index is 0.755. The number of fused-ring (bicyclic) bond motifs is 4. The second-order valence-electron chi connectivity index (χ2n) is 17.2. The predicted molar refractivity (Wildman–Crippen MR) is 234 cm³/mol. The Labute approximate surface area is 358 Å². The average molecular weight is 831 g/mol. The van der Waals surface area contributed by atoms with Crippen molar-refractivity contribution in [2.75, 3.05) is 42.7 Å². The lowest BCUT2D eigenvalue weighted by atomic mass is 9.81. The van der Waals surface area contributed by atoms with Crippen LogP contribution in [0.15, 0.2) is 59.6 Å². The van der Waals surface area contributed by atoms with Gasteiger partial charge in [0.1, 0.15) is 11.9 Å². The number of carbonyl (C=O) groups excluding carboxylic acids is 4. The van der Waals surface area contributed by atoms with Crippen molar-refractivity contribution >= 4 is 46.9 Å². The maximum absolute atomic E-state index is 13.8. The van der Waals surface area contributed by atoms with Gasteiger partial charge >= 0.3 is 0 Å². The molecule has 0 spiro atoms. The number of unbranched alkanes of at least 4 members (excludes halogenated alkanes) is 5. The Hall–Kier alpha value is -4.86. The summed E-state index contributed by atoms with van der Waals surface area (Å²) in [6, 6.07) is 15.5. The first-order valence-corrected chi connectivity index (χ1v) is 23.2. The van der Waals surface area contributed by atoms with Crippen molar-refractivity contribution in [3.05, 3.63) is 82.5 Å². The van der Waals surface area contributed by atoms with Crippen LogP contribution in [0.2, 0.25) is 0 Å². The van der Waals surface area contributed by atoms with Crippen molar-refractivity contribution in [3.8, 4) is 11.8 Å². The molecule has 3 fully saturated rings. The van der Waals surface area contributed by atoms with Gasteiger partial charge in [-0.15, -0.1) is 11.8 Å². The summed E-state index contributed by atoms with van der Waals surface area (Å²) in [4.78, 5) is 62.6. The van der Waals surface area contributed by atoms with Crippen LogP contribution in [0.3, 0.4) is 0 Å². The van der Waals surface area contributed by atoms with Gasteiger partial charge in [0.2, 0.25) is 17.7 Å². The topological polar surface area (TPSA) is 135 Å². The number of anilines is 2. The molecule has 1 unspecified atom stereocenters. The van der Waals surface area contributed by atoms with Gasteiger partial charge in [-0.25, -0.2) is 4.98 Å². The fourth-order valence-corrected chi connectivity index (χ4v) is 11.2. The number of hydrogen-bond acceptors (Lipinski definition) is 9. The van der Waals surface area contributed by atoms with Gasteiger partial charge in [0.15, 0.2) is 0 Å². The van der Waals surface area contributed by atoms with Gasteiger partial charge in [-0.05, 0) is 97.9 Å². The van der Waals surface area contributed by atoms with Crippen molar-refractivity contribution in [2.45, 2.75) is 119 Å². The van der Waals surface area contributed by atoms with E-state index in [0.29, 0.717) is 24.4 Å². The normalized spacial score (nSPS) is 22.5. The molecule has 3 N–H and O–H groups in total. The number of nitrogens with one attached hydrogen (secondary N) is 2. The summed E-state index contributed by atoms with van der Waals surface area (Å²) < 4.78 is 0. The lowest BCUT2D eigenvalue weighted by Gasteiger charge is -2.45. The fourth-order valence-electron chi connectivity index (χ4n) is 10.1. The Morgan fingerprint density at radius 1 is 0.933 bits per heavy atom. The molecule has 5 heterocycles. The summed E-state index contributed by atoms with van der Waals surface area (Å²) in [7, 11) is 2.06. The molecular formula is C48H58N6O5S. The molecule has 2 saturated heterocycles. The Bertz CT molecular complexity index is 2130. The van der Waals surface area contributed by atoms with Crippen LogP contribution in [0.5, 0.6) is 0 Å². The van der Waals surface area contributed by atoms with Crippen molar-refractivity contribution in [1.29, 1.82) is 0 Å². The number of amides is 4. The number of nitrogens with zero attached hydrogens (tertiary/aromatic N) is 4. The van der Waals surface area contributed by atoms with Crippen molar-refractivity contribution < 1.29 is 24.3 Å². The minimum Gasteiger partial charge on any atom is -0.394 e. The zero-order valence-corrected chi connectivity index (χ0v) is 35.6. The first-order chi connectivity index (χ1) is 29.3. The number of aliphatic hydroxyl groups excluding tert-OH is 1. The van der Waals surface area contributed by atoms with E-state index in [1.807, 2.05) is 36.5 Å². The number of piperidine rings is 1. The van der Waals surface area contributed by atoms with Crippen LogP contribution < -0.4 is 15.5 Å². The molecule has 12 heteroatoms. The molecule has 5 aliphatic rings. The van der Waals surface area contributed by atoms with E-state index in [9.17, 15) is 24.3 Å². The number of imide groups is 1. The minimum atomic E-state index is -0.588. The Kier molecular flexibility index (Phi) is 13.4. The second-order valence-corrected chi connectivity index (χ2v) is 18.3.